The average Bonchev–Trinajstić information content (AvgIpc) is 2.97. The Bertz CT molecular complexity index is 814. The van der Waals surface area contributed by atoms with E-state index in [1.54, 1.807) is 19.1 Å². The highest BCUT2D eigenvalue weighted by molar-refractivity contribution is 7.99. The first-order valence-corrected chi connectivity index (χ1v) is 8.10. The third-order valence-corrected chi connectivity index (χ3v) is 4.16. The fourth-order valence-electron chi connectivity index (χ4n) is 2.04. The van der Waals surface area contributed by atoms with Crippen molar-refractivity contribution in [3.05, 3.63) is 59.4 Å². The topological polar surface area (TPSA) is 55.1 Å². The zero-order chi connectivity index (χ0) is 16.2. The molecule has 0 fully saturated rings. The first-order chi connectivity index (χ1) is 11.1. The highest BCUT2D eigenvalue weighted by Crippen LogP contribution is 2.22. The number of hydrogen-bond acceptors (Lipinski definition) is 4. The standard InChI is InChI=1S/C17H15FN2O2S/c1-11-6-7-12(8-13(11)18)9-19-16(21)10-23-17-20-14-4-2-3-5-15(14)22-17/h2-8H,9-10H2,1H3,(H,19,21). The van der Waals surface area contributed by atoms with Crippen molar-refractivity contribution in [2.24, 2.45) is 0 Å². The number of nitrogens with one attached hydrogen (secondary N) is 1. The Morgan fingerprint density at radius 3 is 2.91 bits per heavy atom. The maximum atomic E-state index is 13.4. The number of carbonyl (C=O) groups is 1. The molecule has 1 aromatic heterocycles. The molecule has 118 valence electrons. The number of carbonyl (C=O) groups excluding carboxylic acids is 1. The van der Waals surface area contributed by atoms with Gasteiger partial charge in [0.05, 0.1) is 5.75 Å². The Balaban J connectivity index is 1.52. The number of nitrogens with zero attached hydrogens (tertiary/aromatic N) is 1. The van der Waals surface area contributed by atoms with Crippen LogP contribution in [0.5, 0.6) is 0 Å². The molecule has 0 spiro atoms. The van der Waals surface area contributed by atoms with Crippen LogP contribution in [-0.4, -0.2) is 16.6 Å². The molecule has 0 aliphatic rings. The Morgan fingerprint density at radius 2 is 2.13 bits per heavy atom. The van der Waals surface area contributed by atoms with Crippen molar-refractivity contribution < 1.29 is 13.6 Å². The molecule has 0 radical (unpaired) electrons. The summed E-state index contributed by atoms with van der Waals surface area (Å²) in [5, 5.41) is 3.21. The molecule has 3 aromatic rings. The summed E-state index contributed by atoms with van der Waals surface area (Å²) in [5.74, 6) is -0.225. The van der Waals surface area contributed by atoms with Crippen LogP contribution < -0.4 is 5.32 Å². The predicted molar refractivity (Wildman–Crippen MR) is 87.7 cm³/mol. The number of benzene rings is 2. The summed E-state index contributed by atoms with van der Waals surface area (Å²) in [6.45, 7) is 2.00. The molecule has 0 bridgehead atoms. The van der Waals surface area contributed by atoms with E-state index in [-0.39, 0.29) is 17.5 Å². The number of aromatic nitrogens is 1. The zero-order valence-electron chi connectivity index (χ0n) is 12.5. The smallest absolute Gasteiger partial charge is 0.257 e. The van der Waals surface area contributed by atoms with Gasteiger partial charge in [0, 0.05) is 6.54 Å². The second kappa shape index (κ2) is 6.83. The van der Waals surface area contributed by atoms with Gasteiger partial charge in [-0.25, -0.2) is 9.37 Å². The van der Waals surface area contributed by atoms with Crippen LogP contribution in [0.3, 0.4) is 0 Å². The average molecular weight is 330 g/mol. The van der Waals surface area contributed by atoms with Crippen molar-refractivity contribution in [3.8, 4) is 0 Å². The number of para-hydroxylation sites is 2. The highest BCUT2D eigenvalue weighted by Gasteiger charge is 2.09. The van der Waals surface area contributed by atoms with Gasteiger partial charge in [-0.3, -0.25) is 4.79 Å². The first-order valence-electron chi connectivity index (χ1n) is 7.12. The van der Waals surface area contributed by atoms with Gasteiger partial charge in [-0.05, 0) is 36.2 Å². The minimum absolute atomic E-state index is 0.154. The molecule has 4 nitrogen and oxygen atoms in total. The first kappa shape index (κ1) is 15.6. The molecule has 0 aliphatic carbocycles. The Hall–Kier alpha value is -2.34. The molecule has 0 unspecified atom stereocenters. The quantitative estimate of drug-likeness (QED) is 0.725. The minimum atomic E-state index is -0.266. The number of aryl methyl sites for hydroxylation is 1. The summed E-state index contributed by atoms with van der Waals surface area (Å²) < 4.78 is 19.0. The van der Waals surface area contributed by atoms with Crippen LogP contribution in [0.2, 0.25) is 0 Å². The molecule has 1 heterocycles. The molecule has 1 N–H and O–H groups in total. The second-order valence-corrected chi connectivity index (χ2v) is 6.02. The van der Waals surface area contributed by atoms with E-state index in [0.29, 0.717) is 22.9 Å². The van der Waals surface area contributed by atoms with Crippen LogP contribution in [0.25, 0.3) is 11.1 Å². The molecule has 0 atom stereocenters. The molecular weight excluding hydrogens is 315 g/mol. The summed E-state index contributed by atoms with van der Waals surface area (Å²) >= 11 is 1.23. The Morgan fingerprint density at radius 1 is 1.30 bits per heavy atom. The molecule has 1 amide bonds. The van der Waals surface area contributed by atoms with Gasteiger partial charge >= 0.3 is 0 Å². The highest BCUT2D eigenvalue weighted by atomic mass is 32.2. The van der Waals surface area contributed by atoms with E-state index in [1.165, 1.54) is 17.8 Å². The molecular formula is C17H15FN2O2S. The monoisotopic (exact) mass is 330 g/mol. The van der Waals surface area contributed by atoms with Gasteiger partial charge in [-0.2, -0.15) is 0 Å². The van der Waals surface area contributed by atoms with Crippen LogP contribution >= 0.6 is 11.8 Å². The maximum absolute atomic E-state index is 13.4. The van der Waals surface area contributed by atoms with E-state index in [0.717, 1.165) is 11.1 Å². The third-order valence-electron chi connectivity index (χ3n) is 3.33. The summed E-state index contributed by atoms with van der Waals surface area (Å²) in [6.07, 6.45) is 0. The SMILES string of the molecule is Cc1ccc(CNC(=O)CSc2nc3ccccc3o2)cc1F. The second-order valence-electron chi connectivity index (χ2n) is 5.10. The van der Waals surface area contributed by atoms with Gasteiger partial charge in [0.25, 0.3) is 5.22 Å². The predicted octanol–water partition coefficient (Wildman–Crippen LogP) is 3.68. The molecule has 3 rings (SSSR count). The number of thioether (sulfide) groups is 1. The third kappa shape index (κ3) is 3.90. The minimum Gasteiger partial charge on any atom is -0.431 e. The van der Waals surface area contributed by atoms with Crippen molar-refractivity contribution in [3.63, 3.8) is 0 Å². The van der Waals surface area contributed by atoms with Crippen molar-refractivity contribution in [2.75, 3.05) is 5.75 Å². The van der Waals surface area contributed by atoms with Gasteiger partial charge < -0.3 is 9.73 Å². The molecule has 6 heteroatoms. The van der Waals surface area contributed by atoms with Gasteiger partial charge in [0.15, 0.2) is 5.58 Å². The number of fused-ring (bicyclic) bond motifs is 1. The number of amides is 1. The number of oxazole rings is 1. The number of halogens is 1. The summed E-state index contributed by atoms with van der Waals surface area (Å²) in [7, 11) is 0. The number of rotatable bonds is 5. The lowest BCUT2D eigenvalue weighted by atomic mass is 10.1. The molecule has 0 aliphatic heterocycles. The molecule has 23 heavy (non-hydrogen) atoms. The molecule has 2 aromatic carbocycles. The van der Waals surface area contributed by atoms with Gasteiger partial charge in [0.2, 0.25) is 5.91 Å². The number of hydrogen-bond donors (Lipinski definition) is 1. The van der Waals surface area contributed by atoms with Crippen molar-refractivity contribution >= 4 is 28.8 Å². The van der Waals surface area contributed by atoms with E-state index in [2.05, 4.69) is 10.3 Å². The Kier molecular flexibility index (Phi) is 4.62. The molecule has 0 saturated heterocycles. The van der Waals surface area contributed by atoms with Gasteiger partial charge in [-0.15, -0.1) is 0 Å². The van der Waals surface area contributed by atoms with Crippen molar-refractivity contribution in [1.29, 1.82) is 0 Å². The van der Waals surface area contributed by atoms with Crippen LogP contribution in [-0.2, 0) is 11.3 Å². The van der Waals surface area contributed by atoms with Gasteiger partial charge in [-0.1, -0.05) is 36.0 Å². The summed E-state index contributed by atoms with van der Waals surface area (Å²) in [4.78, 5) is 16.2. The van der Waals surface area contributed by atoms with Crippen molar-refractivity contribution in [2.45, 2.75) is 18.7 Å². The molecule has 0 saturated carbocycles. The van der Waals surface area contributed by atoms with E-state index in [4.69, 9.17) is 4.42 Å². The van der Waals surface area contributed by atoms with Crippen LogP contribution in [0.15, 0.2) is 52.1 Å². The summed E-state index contributed by atoms with van der Waals surface area (Å²) in [5.41, 5.74) is 2.79. The van der Waals surface area contributed by atoms with E-state index < -0.39 is 0 Å². The maximum Gasteiger partial charge on any atom is 0.257 e. The fourth-order valence-corrected chi connectivity index (χ4v) is 2.71. The normalized spacial score (nSPS) is 10.9. The van der Waals surface area contributed by atoms with Crippen LogP contribution in [0.4, 0.5) is 4.39 Å². The zero-order valence-corrected chi connectivity index (χ0v) is 13.3. The van der Waals surface area contributed by atoms with E-state index in [1.807, 2.05) is 24.3 Å². The van der Waals surface area contributed by atoms with Crippen LogP contribution in [0.1, 0.15) is 11.1 Å². The van der Waals surface area contributed by atoms with Crippen molar-refractivity contribution in [1.82, 2.24) is 10.3 Å². The fraction of sp³-hybridized carbons (Fsp3) is 0.176. The van der Waals surface area contributed by atoms with E-state index in [9.17, 15) is 9.18 Å². The lowest BCUT2D eigenvalue weighted by molar-refractivity contribution is -0.118. The van der Waals surface area contributed by atoms with E-state index >= 15 is 0 Å². The Labute approximate surface area is 137 Å². The lowest BCUT2D eigenvalue weighted by Crippen LogP contribution is -2.24. The lowest BCUT2D eigenvalue weighted by Gasteiger charge is -2.05. The van der Waals surface area contributed by atoms with Gasteiger partial charge in [0.1, 0.15) is 11.3 Å². The largest absolute Gasteiger partial charge is 0.431 e. The van der Waals surface area contributed by atoms with Crippen LogP contribution in [0, 0.1) is 12.7 Å². The summed E-state index contributed by atoms with van der Waals surface area (Å²) in [6, 6.07) is 12.4.